The fourth-order valence-electron chi connectivity index (χ4n) is 2.77. The Morgan fingerprint density at radius 1 is 1.43 bits per heavy atom. The molecule has 1 N–H and O–H groups in total. The van der Waals surface area contributed by atoms with Gasteiger partial charge in [0.25, 0.3) is 0 Å². The highest BCUT2D eigenvalue weighted by Gasteiger charge is 2.35. The topological polar surface area (TPSA) is 41.6 Å². The van der Waals surface area contributed by atoms with E-state index in [0.717, 1.165) is 13.0 Å². The van der Waals surface area contributed by atoms with Crippen LogP contribution in [0.15, 0.2) is 24.3 Å². The van der Waals surface area contributed by atoms with Gasteiger partial charge in [0.2, 0.25) is 5.91 Å². The van der Waals surface area contributed by atoms with Crippen LogP contribution in [0, 0.1) is 12.8 Å². The monoisotopic (exact) mass is 290 g/mol. The maximum absolute atomic E-state index is 12.6. The largest absolute Gasteiger partial charge is 0.379 e. The van der Waals surface area contributed by atoms with Gasteiger partial charge in [-0.2, -0.15) is 0 Å². The van der Waals surface area contributed by atoms with Crippen LogP contribution in [-0.2, 0) is 16.1 Å². The van der Waals surface area contributed by atoms with Crippen molar-refractivity contribution in [2.45, 2.75) is 32.9 Å². The molecule has 4 heteroatoms. The highest BCUT2D eigenvalue weighted by Crippen LogP contribution is 2.18. The summed E-state index contributed by atoms with van der Waals surface area (Å²) in [6, 6.07) is 8.45. The minimum Gasteiger partial charge on any atom is -0.379 e. The number of nitrogens with zero attached hydrogens (tertiary/aromatic N) is 1. The van der Waals surface area contributed by atoms with Crippen molar-refractivity contribution < 1.29 is 9.53 Å². The lowest BCUT2D eigenvalue weighted by Gasteiger charge is -2.24. The van der Waals surface area contributed by atoms with E-state index < -0.39 is 0 Å². The third-order valence-corrected chi connectivity index (χ3v) is 3.93. The van der Waals surface area contributed by atoms with Gasteiger partial charge >= 0.3 is 0 Å². The molecule has 0 radical (unpaired) electrons. The van der Waals surface area contributed by atoms with Crippen molar-refractivity contribution in [1.82, 2.24) is 10.2 Å². The molecular formula is C17H26N2O2. The van der Waals surface area contributed by atoms with Crippen molar-refractivity contribution in [3.8, 4) is 0 Å². The van der Waals surface area contributed by atoms with E-state index in [9.17, 15) is 4.79 Å². The van der Waals surface area contributed by atoms with Gasteiger partial charge in [-0.05, 0) is 25.5 Å². The van der Waals surface area contributed by atoms with E-state index in [1.54, 1.807) is 0 Å². The van der Waals surface area contributed by atoms with Gasteiger partial charge in [-0.15, -0.1) is 0 Å². The highest BCUT2D eigenvalue weighted by molar-refractivity contribution is 5.79. The van der Waals surface area contributed by atoms with Gasteiger partial charge in [0.1, 0.15) is 0 Å². The number of hydrogen-bond donors (Lipinski definition) is 1. The van der Waals surface area contributed by atoms with Gasteiger partial charge in [0, 0.05) is 19.6 Å². The average molecular weight is 290 g/mol. The quantitative estimate of drug-likeness (QED) is 0.871. The summed E-state index contributed by atoms with van der Waals surface area (Å²) in [5, 5.41) is 3.42. The third kappa shape index (κ3) is 4.29. The molecule has 1 aromatic carbocycles. The van der Waals surface area contributed by atoms with Crippen molar-refractivity contribution in [2.24, 2.45) is 5.92 Å². The lowest BCUT2D eigenvalue weighted by molar-refractivity contribution is -0.135. The number of ether oxygens (including phenoxy) is 1. The molecule has 0 spiro atoms. The van der Waals surface area contributed by atoms with Gasteiger partial charge in [0.15, 0.2) is 0 Å². The summed E-state index contributed by atoms with van der Waals surface area (Å²) < 4.78 is 5.50. The Morgan fingerprint density at radius 3 is 2.95 bits per heavy atom. The Balaban J connectivity index is 1.95. The molecule has 0 bridgehead atoms. The number of carbonyl (C=O) groups excluding carboxylic acids is 1. The van der Waals surface area contributed by atoms with Crippen molar-refractivity contribution >= 4 is 5.91 Å². The SMILES string of the molecule is CCCNC1COCC1C(=O)N(C)Cc1cccc(C)c1. The van der Waals surface area contributed by atoms with Gasteiger partial charge in [-0.1, -0.05) is 36.8 Å². The summed E-state index contributed by atoms with van der Waals surface area (Å²) in [6.45, 7) is 6.94. The summed E-state index contributed by atoms with van der Waals surface area (Å²) in [7, 11) is 1.87. The highest BCUT2D eigenvalue weighted by atomic mass is 16.5. The molecule has 1 aliphatic heterocycles. The van der Waals surface area contributed by atoms with Crippen molar-refractivity contribution in [2.75, 3.05) is 26.8 Å². The van der Waals surface area contributed by atoms with Crippen LogP contribution >= 0.6 is 0 Å². The maximum atomic E-state index is 12.6. The summed E-state index contributed by atoms with van der Waals surface area (Å²) in [4.78, 5) is 14.4. The predicted molar refractivity (Wildman–Crippen MR) is 84.0 cm³/mol. The summed E-state index contributed by atoms with van der Waals surface area (Å²) >= 11 is 0. The van der Waals surface area contributed by atoms with E-state index in [0.29, 0.717) is 19.8 Å². The van der Waals surface area contributed by atoms with Gasteiger partial charge < -0.3 is 15.0 Å². The molecule has 1 aliphatic rings. The number of carbonyl (C=O) groups is 1. The van der Waals surface area contributed by atoms with E-state index >= 15 is 0 Å². The van der Waals surface area contributed by atoms with Crippen LogP contribution in [0.4, 0.5) is 0 Å². The molecule has 1 amide bonds. The molecule has 2 atom stereocenters. The van der Waals surface area contributed by atoms with E-state index in [4.69, 9.17) is 4.74 Å². The van der Waals surface area contributed by atoms with Crippen LogP contribution < -0.4 is 5.32 Å². The number of benzene rings is 1. The number of aryl methyl sites for hydroxylation is 1. The molecule has 2 rings (SSSR count). The summed E-state index contributed by atoms with van der Waals surface area (Å²) in [5.74, 6) is 0.106. The van der Waals surface area contributed by atoms with E-state index in [1.165, 1.54) is 11.1 Å². The van der Waals surface area contributed by atoms with Crippen molar-refractivity contribution in [1.29, 1.82) is 0 Å². The zero-order valence-electron chi connectivity index (χ0n) is 13.3. The van der Waals surface area contributed by atoms with Crippen LogP contribution in [0.3, 0.4) is 0 Å². The second-order valence-corrected chi connectivity index (χ2v) is 5.89. The smallest absolute Gasteiger partial charge is 0.229 e. The lowest BCUT2D eigenvalue weighted by atomic mass is 10.0. The summed E-state index contributed by atoms with van der Waals surface area (Å²) in [5.41, 5.74) is 2.39. The standard InChI is InChI=1S/C17H26N2O2/c1-4-8-18-16-12-21-11-15(16)17(20)19(3)10-14-7-5-6-13(2)9-14/h5-7,9,15-16,18H,4,8,10-12H2,1-3H3. The third-order valence-electron chi connectivity index (χ3n) is 3.93. The first-order chi connectivity index (χ1) is 10.1. The molecule has 1 saturated heterocycles. The molecule has 1 fully saturated rings. The Hall–Kier alpha value is -1.39. The maximum Gasteiger partial charge on any atom is 0.229 e. The number of rotatable bonds is 6. The van der Waals surface area contributed by atoms with Crippen molar-refractivity contribution in [3.63, 3.8) is 0 Å². The minimum absolute atomic E-state index is 0.0636. The molecule has 0 saturated carbocycles. The Morgan fingerprint density at radius 2 is 2.24 bits per heavy atom. The first kappa shape index (κ1) is 16.0. The normalized spacial score (nSPS) is 21.5. The lowest BCUT2D eigenvalue weighted by Crippen LogP contribution is -2.44. The van der Waals surface area contributed by atoms with Crippen LogP contribution in [-0.4, -0.2) is 43.7 Å². The Labute approximate surface area is 127 Å². The van der Waals surface area contributed by atoms with Crippen LogP contribution in [0.2, 0.25) is 0 Å². The number of amides is 1. The second-order valence-electron chi connectivity index (χ2n) is 5.89. The minimum atomic E-state index is -0.0636. The molecule has 1 heterocycles. The summed E-state index contributed by atoms with van der Waals surface area (Å²) in [6.07, 6.45) is 1.07. The van der Waals surface area contributed by atoms with Crippen LogP contribution in [0.5, 0.6) is 0 Å². The van der Waals surface area contributed by atoms with E-state index in [1.807, 2.05) is 18.0 Å². The molecule has 2 unspecified atom stereocenters. The molecule has 116 valence electrons. The van der Waals surface area contributed by atoms with E-state index in [-0.39, 0.29) is 17.9 Å². The first-order valence-corrected chi connectivity index (χ1v) is 7.73. The molecule has 4 nitrogen and oxygen atoms in total. The zero-order valence-corrected chi connectivity index (χ0v) is 13.3. The molecule has 0 aliphatic carbocycles. The average Bonchev–Trinajstić information content (AvgIpc) is 2.92. The van der Waals surface area contributed by atoms with Gasteiger partial charge in [-0.3, -0.25) is 4.79 Å². The zero-order chi connectivity index (χ0) is 15.2. The van der Waals surface area contributed by atoms with Crippen molar-refractivity contribution in [3.05, 3.63) is 35.4 Å². The fourth-order valence-corrected chi connectivity index (χ4v) is 2.77. The van der Waals surface area contributed by atoms with Gasteiger partial charge in [0.05, 0.1) is 19.1 Å². The second kappa shape index (κ2) is 7.57. The fraction of sp³-hybridized carbons (Fsp3) is 0.588. The number of hydrogen-bond acceptors (Lipinski definition) is 3. The first-order valence-electron chi connectivity index (χ1n) is 7.73. The molecular weight excluding hydrogens is 264 g/mol. The Kier molecular flexibility index (Phi) is 5.76. The van der Waals surface area contributed by atoms with Crippen LogP contribution in [0.1, 0.15) is 24.5 Å². The number of nitrogens with one attached hydrogen (secondary N) is 1. The molecule has 0 aromatic heterocycles. The predicted octanol–water partition coefficient (Wildman–Crippen LogP) is 1.97. The molecule has 1 aromatic rings. The van der Waals surface area contributed by atoms with Crippen LogP contribution in [0.25, 0.3) is 0 Å². The molecule has 21 heavy (non-hydrogen) atoms. The Bertz CT molecular complexity index is 476. The van der Waals surface area contributed by atoms with E-state index in [2.05, 4.69) is 37.4 Å². The van der Waals surface area contributed by atoms with Gasteiger partial charge in [-0.25, -0.2) is 0 Å².